The number of amides is 2. The molecule has 12 heteroatoms. The molecule has 2 N–H and O–H groups in total. The number of halogens is 2. The fraction of sp³-hybridized carbons (Fsp3) is 0.273. The number of hydrogen-bond acceptors (Lipinski definition) is 8. The van der Waals surface area contributed by atoms with Crippen molar-refractivity contribution in [2.24, 2.45) is 0 Å². The number of nitrogens with one attached hydrogen (secondary N) is 2. The van der Waals surface area contributed by atoms with Crippen molar-refractivity contribution in [1.29, 1.82) is 0 Å². The number of furan rings is 1. The Morgan fingerprint density at radius 3 is 2.51 bits per heavy atom. The molecule has 0 aliphatic heterocycles. The van der Waals surface area contributed by atoms with E-state index in [9.17, 15) is 18.4 Å². The highest BCUT2D eigenvalue weighted by Crippen LogP contribution is 2.43. The molecule has 1 aliphatic carbocycles. The van der Waals surface area contributed by atoms with Crippen LogP contribution in [0.4, 0.5) is 8.78 Å². The lowest BCUT2D eigenvalue weighted by Crippen LogP contribution is -2.58. The highest BCUT2D eigenvalue weighted by molar-refractivity contribution is 6.12. The van der Waals surface area contributed by atoms with Gasteiger partial charge < -0.3 is 29.0 Å². The van der Waals surface area contributed by atoms with Gasteiger partial charge in [0.2, 0.25) is 6.39 Å². The maximum absolute atomic E-state index is 13.6. The monoisotopic (exact) mass is 616 g/mol. The molecule has 0 radical (unpaired) electrons. The van der Waals surface area contributed by atoms with Crippen molar-refractivity contribution in [1.82, 2.24) is 20.8 Å². The quantitative estimate of drug-likeness (QED) is 0.189. The molecule has 2 aromatic heterocycles. The molecule has 0 saturated heterocycles. The fourth-order valence-corrected chi connectivity index (χ4v) is 5.68. The Kier molecular flexibility index (Phi) is 8.07. The lowest BCUT2D eigenvalue weighted by atomic mass is 9.73. The molecule has 10 nitrogen and oxygen atoms in total. The zero-order chi connectivity index (χ0) is 31.7. The average molecular weight is 617 g/mol. The maximum Gasteiger partial charge on any atom is 0.345 e. The molecule has 0 atom stereocenters. The number of rotatable bonds is 10. The largest absolute Gasteiger partial charge is 0.493 e. The summed E-state index contributed by atoms with van der Waals surface area (Å²) in [6.45, 7) is 1.26. The summed E-state index contributed by atoms with van der Waals surface area (Å²) in [7, 11) is 1.56. The van der Waals surface area contributed by atoms with Gasteiger partial charge in [0.15, 0.2) is 5.82 Å². The third kappa shape index (κ3) is 5.76. The van der Waals surface area contributed by atoms with Crippen LogP contribution in [0.5, 0.6) is 5.75 Å². The molecule has 1 saturated carbocycles. The second-order valence-electron chi connectivity index (χ2n) is 10.8. The van der Waals surface area contributed by atoms with Crippen LogP contribution in [0, 0.1) is 6.92 Å². The number of benzene rings is 3. The van der Waals surface area contributed by atoms with Crippen molar-refractivity contribution in [3.63, 3.8) is 0 Å². The van der Waals surface area contributed by atoms with E-state index in [1.807, 2.05) is 50.2 Å². The Bertz CT molecular complexity index is 1850. The number of hydrogen-bond donors (Lipinski definition) is 2. The van der Waals surface area contributed by atoms with Crippen molar-refractivity contribution in [2.75, 3.05) is 13.7 Å². The van der Waals surface area contributed by atoms with Gasteiger partial charge >= 0.3 is 6.61 Å². The molecule has 1 fully saturated rings. The van der Waals surface area contributed by atoms with Gasteiger partial charge in [-0.1, -0.05) is 47.1 Å². The first kappa shape index (κ1) is 29.9. The minimum absolute atomic E-state index is 0.0551. The summed E-state index contributed by atoms with van der Waals surface area (Å²) in [5, 5.41) is 10.1. The summed E-state index contributed by atoms with van der Waals surface area (Å²) in [5.74, 6) is 0.334. The van der Waals surface area contributed by atoms with Crippen molar-refractivity contribution in [2.45, 2.75) is 44.9 Å². The summed E-state index contributed by atoms with van der Waals surface area (Å²) in [5.41, 5.74) is 3.14. The van der Waals surface area contributed by atoms with E-state index < -0.39 is 24.2 Å². The second kappa shape index (κ2) is 12.1. The van der Waals surface area contributed by atoms with E-state index in [0.29, 0.717) is 51.3 Å². The van der Waals surface area contributed by atoms with Crippen LogP contribution in [-0.2, 0) is 10.3 Å². The van der Waals surface area contributed by atoms with Crippen LogP contribution in [0.2, 0.25) is 0 Å². The number of fused-ring (bicyclic) bond motifs is 1. The molecule has 3 aromatic carbocycles. The molecule has 0 bridgehead atoms. The zero-order valence-corrected chi connectivity index (χ0v) is 24.7. The number of alkyl halides is 2. The van der Waals surface area contributed by atoms with Crippen LogP contribution in [0.3, 0.4) is 0 Å². The standard InChI is InChI=1S/C33H30F2N4O6/c1-4-42-25-14-26-24(27(30(41)36-3)28(45-26)19-10-8-18(2)9-11-19)13-23(25)20-6-5-7-21(12-20)29(40)38-33(31-37-17-43-39-31)15-22(16-33)44-32(34)35/h5-14,17,22,32H,4,15-16H2,1-3H3,(H,36,41)(H,38,40). The Morgan fingerprint density at radius 2 is 1.84 bits per heavy atom. The van der Waals surface area contributed by atoms with E-state index in [1.54, 1.807) is 31.3 Å². The van der Waals surface area contributed by atoms with Crippen molar-refractivity contribution < 1.29 is 36.8 Å². The topological polar surface area (TPSA) is 129 Å². The van der Waals surface area contributed by atoms with Crippen LogP contribution in [0.1, 0.15) is 51.9 Å². The van der Waals surface area contributed by atoms with Crippen molar-refractivity contribution in [3.8, 4) is 28.2 Å². The lowest BCUT2D eigenvalue weighted by Gasteiger charge is -2.45. The van der Waals surface area contributed by atoms with Crippen molar-refractivity contribution >= 4 is 22.8 Å². The van der Waals surface area contributed by atoms with Crippen LogP contribution >= 0.6 is 0 Å². The maximum atomic E-state index is 13.6. The molecule has 0 spiro atoms. The number of aryl methyl sites for hydroxylation is 1. The van der Waals surface area contributed by atoms with Gasteiger partial charge in [-0.15, -0.1) is 0 Å². The molecule has 2 amide bonds. The number of nitrogens with zero attached hydrogens (tertiary/aromatic N) is 2. The number of ether oxygens (including phenoxy) is 2. The Hall–Kier alpha value is -5.10. The SMILES string of the molecule is CCOc1cc2oc(-c3ccc(C)cc3)c(C(=O)NC)c2cc1-c1cccc(C(=O)NC2(c3ncon3)CC(OC(F)F)C2)c1. The van der Waals surface area contributed by atoms with Crippen molar-refractivity contribution in [3.05, 3.63) is 89.6 Å². The van der Waals surface area contributed by atoms with E-state index in [-0.39, 0.29) is 24.6 Å². The summed E-state index contributed by atoms with van der Waals surface area (Å²) in [4.78, 5) is 30.8. The molecule has 6 rings (SSSR count). The molecule has 1 aliphatic rings. The summed E-state index contributed by atoms with van der Waals surface area (Å²) in [6, 6.07) is 18.1. The number of carbonyl (C=O) groups is 2. The summed E-state index contributed by atoms with van der Waals surface area (Å²) < 4.78 is 47.4. The molecule has 5 aromatic rings. The van der Waals surface area contributed by atoms with Crippen LogP contribution in [0.25, 0.3) is 33.4 Å². The molecule has 45 heavy (non-hydrogen) atoms. The Balaban J connectivity index is 1.38. The highest BCUT2D eigenvalue weighted by Gasteiger charge is 2.51. The zero-order valence-electron chi connectivity index (χ0n) is 24.7. The van der Waals surface area contributed by atoms with E-state index >= 15 is 0 Å². The predicted octanol–water partition coefficient (Wildman–Crippen LogP) is 6.24. The van der Waals surface area contributed by atoms with Gasteiger partial charge in [-0.2, -0.15) is 13.8 Å². The third-order valence-corrected chi connectivity index (χ3v) is 7.88. The number of aromatic nitrogens is 2. The van der Waals surface area contributed by atoms with E-state index in [1.165, 1.54) is 0 Å². The molecule has 232 valence electrons. The molecular formula is C33H30F2N4O6. The van der Waals surface area contributed by atoms with Gasteiger partial charge in [-0.3, -0.25) is 9.59 Å². The minimum Gasteiger partial charge on any atom is -0.493 e. The van der Waals surface area contributed by atoms with Crippen LogP contribution in [-0.4, -0.2) is 48.3 Å². The molecule has 0 unspecified atom stereocenters. The summed E-state index contributed by atoms with van der Waals surface area (Å²) >= 11 is 0. The molecular weight excluding hydrogens is 586 g/mol. The third-order valence-electron chi connectivity index (χ3n) is 7.88. The fourth-order valence-electron chi connectivity index (χ4n) is 5.68. The van der Waals surface area contributed by atoms with E-state index in [0.717, 1.165) is 17.5 Å². The first-order chi connectivity index (χ1) is 21.7. The molecule has 2 heterocycles. The summed E-state index contributed by atoms with van der Waals surface area (Å²) in [6.07, 6.45) is 0.452. The smallest absolute Gasteiger partial charge is 0.345 e. The van der Waals surface area contributed by atoms with Gasteiger partial charge in [-0.25, -0.2) is 0 Å². The first-order valence-corrected chi connectivity index (χ1v) is 14.4. The van der Waals surface area contributed by atoms with Gasteiger partial charge in [0, 0.05) is 48.0 Å². The van der Waals surface area contributed by atoms with Gasteiger partial charge in [0.25, 0.3) is 11.8 Å². The Morgan fingerprint density at radius 1 is 1.07 bits per heavy atom. The lowest BCUT2D eigenvalue weighted by molar-refractivity contribution is -0.198. The van der Waals surface area contributed by atoms with E-state index in [2.05, 4.69) is 25.5 Å². The van der Waals surface area contributed by atoms with Crippen LogP contribution in [0.15, 0.2) is 76.0 Å². The Labute approximate surface area is 256 Å². The average Bonchev–Trinajstić information content (AvgIpc) is 3.68. The normalized spacial score (nSPS) is 17.7. The predicted molar refractivity (Wildman–Crippen MR) is 160 cm³/mol. The van der Waals surface area contributed by atoms with Gasteiger partial charge in [0.05, 0.1) is 18.3 Å². The van der Waals surface area contributed by atoms with E-state index in [4.69, 9.17) is 13.7 Å². The number of carbonyl (C=O) groups excluding carboxylic acids is 2. The van der Waals surface area contributed by atoms with Gasteiger partial charge in [-0.05, 0) is 37.6 Å². The second-order valence-corrected chi connectivity index (χ2v) is 10.8. The van der Waals surface area contributed by atoms with Gasteiger partial charge in [0.1, 0.15) is 22.6 Å². The minimum atomic E-state index is -2.94. The first-order valence-electron chi connectivity index (χ1n) is 14.4. The van der Waals surface area contributed by atoms with Crippen LogP contribution < -0.4 is 15.4 Å². The highest BCUT2D eigenvalue weighted by atomic mass is 19.3.